The Labute approximate surface area is 169 Å². The smallest absolute Gasteiger partial charge is 0.133 e. The largest absolute Gasteiger partial charge is 0.361 e. The second kappa shape index (κ2) is 9.54. The molecule has 0 saturated heterocycles. The zero-order valence-corrected chi connectivity index (χ0v) is 17.1. The second-order valence-electron chi connectivity index (χ2n) is 8.93. The van der Waals surface area contributed by atoms with E-state index >= 15 is 0 Å². The molecule has 0 amide bonds. The van der Waals surface area contributed by atoms with Crippen molar-refractivity contribution in [3.63, 3.8) is 0 Å². The summed E-state index contributed by atoms with van der Waals surface area (Å²) in [6.07, 6.45) is 21.4. The molecule has 0 radical (unpaired) electrons. The number of aryl methyl sites for hydroxylation is 1. The van der Waals surface area contributed by atoms with Gasteiger partial charge in [0.05, 0.1) is 5.69 Å². The van der Waals surface area contributed by atoms with E-state index in [1.54, 1.807) is 0 Å². The molecule has 0 unspecified atom stereocenters. The van der Waals surface area contributed by atoms with Crippen LogP contribution in [0.4, 0.5) is 0 Å². The van der Waals surface area contributed by atoms with E-state index in [4.69, 9.17) is 0 Å². The van der Waals surface area contributed by atoms with Gasteiger partial charge in [0.15, 0.2) is 0 Å². The minimum absolute atomic E-state index is 0.464. The summed E-state index contributed by atoms with van der Waals surface area (Å²) in [5, 5.41) is 0. The monoisotopic (exact) mass is 378 g/mol. The Morgan fingerprint density at radius 1 is 1.04 bits per heavy atom. The Kier molecular flexibility index (Phi) is 6.61. The van der Waals surface area contributed by atoms with Crippen LogP contribution in [0.5, 0.6) is 0 Å². The van der Waals surface area contributed by atoms with Crippen LogP contribution in [0.3, 0.4) is 0 Å². The molecule has 28 heavy (non-hydrogen) atoms. The molecular weight excluding hydrogens is 344 g/mol. The molecule has 0 aromatic carbocycles. The van der Waals surface area contributed by atoms with E-state index in [9.17, 15) is 4.79 Å². The van der Waals surface area contributed by atoms with Gasteiger partial charge in [0.1, 0.15) is 5.78 Å². The average Bonchev–Trinajstić information content (AvgIpc) is 3.18. The van der Waals surface area contributed by atoms with Crippen LogP contribution in [0.2, 0.25) is 0 Å². The van der Waals surface area contributed by atoms with Crippen LogP contribution in [0.1, 0.15) is 94.1 Å². The number of hydrogen-bond acceptors (Lipinski definition) is 2. The highest BCUT2D eigenvalue weighted by atomic mass is 16.1. The highest BCUT2D eigenvalue weighted by molar-refractivity contribution is 5.79. The molecule has 4 rings (SSSR count). The number of rotatable bonds is 7. The number of carbonyl (C=O) groups excluding carboxylic acids is 1. The number of ketones is 1. The lowest BCUT2D eigenvalue weighted by Crippen LogP contribution is -2.13. The fourth-order valence-electron chi connectivity index (χ4n) is 5.38. The predicted molar refractivity (Wildman–Crippen MR) is 114 cm³/mol. The fourth-order valence-corrected chi connectivity index (χ4v) is 5.38. The summed E-state index contributed by atoms with van der Waals surface area (Å²) in [5.41, 5.74) is 5.23. The average molecular weight is 379 g/mol. The van der Waals surface area contributed by atoms with Gasteiger partial charge < -0.3 is 4.98 Å². The molecule has 3 heteroatoms. The first-order valence-corrected chi connectivity index (χ1v) is 11.4. The maximum Gasteiger partial charge on any atom is 0.133 e. The van der Waals surface area contributed by atoms with E-state index in [-0.39, 0.29) is 0 Å². The zero-order chi connectivity index (χ0) is 19.2. The molecule has 0 atom stereocenters. The lowest BCUT2D eigenvalue weighted by molar-refractivity contribution is -0.120. The molecular formula is C25H34N2O. The van der Waals surface area contributed by atoms with Crippen LogP contribution in [0.25, 0.3) is 11.3 Å². The minimum atomic E-state index is 0.464. The SMILES string of the molecule is O=C(CCc1c[nH]c(-c2cccnc2)c1C1CCCCC1)CC1CCCCC1. The number of Topliss-reactive ketones (excluding diaryl/α,β-unsaturated/α-hetero) is 1. The van der Waals surface area contributed by atoms with E-state index in [1.807, 2.05) is 18.5 Å². The standard InChI is InChI=1S/C25H34N2O/c28-23(16-19-8-3-1-4-9-19)14-13-21-18-27-25(22-12-7-15-26-17-22)24(21)20-10-5-2-6-11-20/h7,12,15,17-20,27H,1-6,8-11,13-14,16H2. The maximum atomic E-state index is 12.6. The van der Waals surface area contributed by atoms with Crippen LogP contribution in [-0.2, 0) is 11.2 Å². The number of carbonyl (C=O) groups is 1. The van der Waals surface area contributed by atoms with E-state index < -0.39 is 0 Å². The van der Waals surface area contributed by atoms with Crippen molar-refractivity contribution in [1.82, 2.24) is 9.97 Å². The summed E-state index contributed by atoms with van der Waals surface area (Å²) in [7, 11) is 0. The number of nitrogens with one attached hydrogen (secondary N) is 1. The van der Waals surface area contributed by atoms with Crippen molar-refractivity contribution in [2.45, 2.75) is 89.4 Å². The third kappa shape index (κ3) is 4.74. The summed E-state index contributed by atoms with van der Waals surface area (Å²) in [6.45, 7) is 0. The van der Waals surface area contributed by atoms with Crippen LogP contribution >= 0.6 is 0 Å². The van der Waals surface area contributed by atoms with Gasteiger partial charge in [-0.15, -0.1) is 0 Å². The van der Waals surface area contributed by atoms with E-state index in [0.717, 1.165) is 12.8 Å². The number of aromatic amines is 1. The molecule has 0 bridgehead atoms. The van der Waals surface area contributed by atoms with Crippen LogP contribution < -0.4 is 0 Å². The first-order chi connectivity index (χ1) is 13.8. The Balaban J connectivity index is 1.48. The molecule has 2 aliphatic carbocycles. The molecule has 2 heterocycles. The van der Waals surface area contributed by atoms with E-state index in [2.05, 4.69) is 22.2 Å². The zero-order valence-electron chi connectivity index (χ0n) is 17.1. The van der Waals surface area contributed by atoms with Crippen molar-refractivity contribution in [3.05, 3.63) is 41.9 Å². The molecule has 3 nitrogen and oxygen atoms in total. The van der Waals surface area contributed by atoms with Gasteiger partial charge in [-0.1, -0.05) is 51.4 Å². The molecule has 2 saturated carbocycles. The van der Waals surface area contributed by atoms with Crippen molar-refractivity contribution < 1.29 is 4.79 Å². The normalized spacial score (nSPS) is 19.0. The maximum absolute atomic E-state index is 12.6. The third-order valence-electron chi connectivity index (χ3n) is 6.88. The topological polar surface area (TPSA) is 45.8 Å². The van der Waals surface area contributed by atoms with Gasteiger partial charge in [-0.2, -0.15) is 0 Å². The first kappa shape index (κ1) is 19.4. The van der Waals surface area contributed by atoms with Gasteiger partial charge in [0, 0.05) is 37.0 Å². The van der Waals surface area contributed by atoms with Crippen LogP contribution in [-0.4, -0.2) is 15.8 Å². The Hall–Kier alpha value is -1.90. The predicted octanol–water partition coefficient (Wildman–Crippen LogP) is 6.60. The van der Waals surface area contributed by atoms with Gasteiger partial charge >= 0.3 is 0 Å². The molecule has 1 N–H and O–H groups in total. The Morgan fingerprint density at radius 2 is 1.79 bits per heavy atom. The number of nitrogens with zero attached hydrogens (tertiary/aromatic N) is 1. The Morgan fingerprint density at radius 3 is 2.50 bits per heavy atom. The van der Waals surface area contributed by atoms with Gasteiger partial charge in [0.25, 0.3) is 0 Å². The third-order valence-corrected chi connectivity index (χ3v) is 6.88. The fraction of sp³-hybridized carbons (Fsp3) is 0.600. The number of H-pyrrole nitrogens is 1. The molecule has 150 valence electrons. The van der Waals surface area contributed by atoms with Crippen molar-refractivity contribution in [1.29, 1.82) is 0 Å². The second-order valence-corrected chi connectivity index (χ2v) is 8.93. The van der Waals surface area contributed by atoms with Gasteiger partial charge in [-0.3, -0.25) is 9.78 Å². The summed E-state index contributed by atoms with van der Waals surface area (Å²) in [6, 6.07) is 4.15. The first-order valence-electron chi connectivity index (χ1n) is 11.4. The molecule has 2 fully saturated rings. The van der Waals surface area contributed by atoms with Gasteiger partial charge in [-0.25, -0.2) is 0 Å². The summed E-state index contributed by atoms with van der Waals surface area (Å²) in [4.78, 5) is 20.5. The number of aromatic nitrogens is 2. The Bertz CT molecular complexity index is 752. The molecule has 2 aromatic heterocycles. The summed E-state index contributed by atoms with van der Waals surface area (Å²) >= 11 is 0. The number of pyridine rings is 1. The van der Waals surface area contributed by atoms with Gasteiger partial charge in [0.2, 0.25) is 0 Å². The molecule has 0 aliphatic heterocycles. The molecule has 2 aromatic rings. The van der Waals surface area contributed by atoms with E-state index in [0.29, 0.717) is 24.0 Å². The lowest BCUT2D eigenvalue weighted by Gasteiger charge is -2.24. The van der Waals surface area contributed by atoms with Crippen LogP contribution in [0.15, 0.2) is 30.7 Å². The van der Waals surface area contributed by atoms with Gasteiger partial charge in [-0.05, 0) is 54.4 Å². The van der Waals surface area contributed by atoms with Crippen molar-refractivity contribution in [2.75, 3.05) is 0 Å². The highest BCUT2D eigenvalue weighted by Crippen LogP contribution is 2.40. The summed E-state index contributed by atoms with van der Waals surface area (Å²) < 4.78 is 0. The summed E-state index contributed by atoms with van der Waals surface area (Å²) in [5.74, 6) is 1.74. The minimum Gasteiger partial charge on any atom is -0.361 e. The molecule has 0 spiro atoms. The number of hydrogen-bond donors (Lipinski definition) is 1. The van der Waals surface area contributed by atoms with Crippen molar-refractivity contribution in [3.8, 4) is 11.3 Å². The van der Waals surface area contributed by atoms with Crippen molar-refractivity contribution >= 4 is 5.78 Å². The van der Waals surface area contributed by atoms with E-state index in [1.165, 1.54) is 86.6 Å². The quantitative estimate of drug-likeness (QED) is 0.590. The van der Waals surface area contributed by atoms with Crippen LogP contribution in [0, 0.1) is 5.92 Å². The van der Waals surface area contributed by atoms with Crippen molar-refractivity contribution in [2.24, 2.45) is 5.92 Å². The highest BCUT2D eigenvalue weighted by Gasteiger charge is 2.24. The molecule has 2 aliphatic rings. The lowest BCUT2D eigenvalue weighted by atomic mass is 9.80.